The van der Waals surface area contributed by atoms with E-state index in [1.807, 2.05) is 12.1 Å². The normalized spacial score (nSPS) is 23.9. The molecule has 6 rings (SSSR count). The number of nitrogens with zero attached hydrogens (tertiary/aromatic N) is 3. The van der Waals surface area contributed by atoms with Gasteiger partial charge in [0.2, 0.25) is 11.8 Å². The smallest absolute Gasteiger partial charge is 0.255 e. The summed E-state index contributed by atoms with van der Waals surface area (Å²) < 4.78 is 0. The van der Waals surface area contributed by atoms with Crippen LogP contribution in [0.5, 0.6) is 0 Å². The van der Waals surface area contributed by atoms with Crippen LogP contribution in [-0.2, 0) is 28.3 Å². The Morgan fingerprint density at radius 2 is 1.68 bits per heavy atom. The van der Waals surface area contributed by atoms with E-state index in [9.17, 15) is 19.5 Å². The lowest BCUT2D eigenvalue weighted by Crippen LogP contribution is -2.52. The molecule has 0 aliphatic carbocycles. The molecule has 37 heavy (non-hydrogen) atoms. The van der Waals surface area contributed by atoms with Gasteiger partial charge in [0.05, 0.1) is 5.60 Å². The second kappa shape index (κ2) is 9.58. The SMILES string of the molecule is O=C1CCC(N2Cc3cc(C4(O)CCN(Cc5ccc(N6CCCC6)cc5)CC4)ccc3C2=O)C(=O)N1. The lowest BCUT2D eigenvalue weighted by atomic mass is 9.83. The Morgan fingerprint density at radius 1 is 0.946 bits per heavy atom. The highest BCUT2D eigenvalue weighted by Gasteiger charge is 2.40. The van der Waals surface area contributed by atoms with Gasteiger partial charge in [0.15, 0.2) is 0 Å². The van der Waals surface area contributed by atoms with Crippen LogP contribution in [0.4, 0.5) is 5.69 Å². The number of anilines is 1. The molecule has 0 spiro atoms. The molecular formula is C29H34N4O4. The molecule has 8 heteroatoms. The number of carbonyl (C=O) groups is 3. The number of benzene rings is 2. The minimum absolute atomic E-state index is 0.186. The molecule has 0 saturated carbocycles. The molecule has 4 aliphatic rings. The predicted molar refractivity (Wildman–Crippen MR) is 139 cm³/mol. The zero-order chi connectivity index (χ0) is 25.6. The molecule has 194 valence electrons. The van der Waals surface area contributed by atoms with Crippen molar-refractivity contribution in [3.63, 3.8) is 0 Å². The van der Waals surface area contributed by atoms with E-state index in [-0.39, 0.29) is 18.2 Å². The summed E-state index contributed by atoms with van der Waals surface area (Å²) in [5.41, 5.74) is 3.90. The van der Waals surface area contributed by atoms with Crippen molar-refractivity contribution in [2.24, 2.45) is 0 Å². The summed E-state index contributed by atoms with van der Waals surface area (Å²) >= 11 is 0. The highest BCUT2D eigenvalue weighted by atomic mass is 16.3. The maximum absolute atomic E-state index is 13.0. The van der Waals surface area contributed by atoms with E-state index in [4.69, 9.17) is 0 Å². The van der Waals surface area contributed by atoms with Gasteiger partial charge in [-0.05, 0) is 67.0 Å². The zero-order valence-corrected chi connectivity index (χ0v) is 21.1. The number of carbonyl (C=O) groups excluding carboxylic acids is 3. The lowest BCUT2D eigenvalue weighted by molar-refractivity contribution is -0.136. The molecule has 8 nitrogen and oxygen atoms in total. The zero-order valence-electron chi connectivity index (χ0n) is 21.1. The number of hydrogen-bond acceptors (Lipinski definition) is 6. The predicted octanol–water partition coefficient (Wildman–Crippen LogP) is 2.53. The fraction of sp³-hybridized carbons (Fsp3) is 0.483. The number of piperidine rings is 2. The third-order valence-electron chi connectivity index (χ3n) is 8.56. The molecule has 1 atom stereocenters. The van der Waals surface area contributed by atoms with Gasteiger partial charge in [-0.3, -0.25) is 24.6 Å². The molecule has 2 N–H and O–H groups in total. The van der Waals surface area contributed by atoms with Crippen LogP contribution in [0, 0.1) is 0 Å². The summed E-state index contributed by atoms with van der Waals surface area (Å²) in [7, 11) is 0. The van der Waals surface area contributed by atoms with E-state index in [0.717, 1.165) is 43.9 Å². The Hall–Kier alpha value is -3.23. The second-order valence-electron chi connectivity index (χ2n) is 10.9. The van der Waals surface area contributed by atoms with Crippen LogP contribution in [0.1, 0.15) is 65.6 Å². The lowest BCUT2D eigenvalue weighted by Gasteiger charge is -2.38. The molecule has 4 heterocycles. The number of aliphatic hydroxyl groups is 1. The van der Waals surface area contributed by atoms with Crippen molar-refractivity contribution in [1.82, 2.24) is 15.1 Å². The van der Waals surface area contributed by atoms with Crippen LogP contribution >= 0.6 is 0 Å². The van der Waals surface area contributed by atoms with Gasteiger partial charge in [0.25, 0.3) is 5.91 Å². The van der Waals surface area contributed by atoms with E-state index in [0.29, 0.717) is 31.4 Å². The minimum Gasteiger partial charge on any atom is -0.385 e. The molecule has 1 unspecified atom stereocenters. The van der Waals surface area contributed by atoms with Crippen molar-refractivity contribution < 1.29 is 19.5 Å². The van der Waals surface area contributed by atoms with E-state index in [1.165, 1.54) is 24.1 Å². The van der Waals surface area contributed by atoms with E-state index < -0.39 is 17.6 Å². The maximum atomic E-state index is 13.0. The van der Waals surface area contributed by atoms with Crippen molar-refractivity contribution in [2.75, 3.05) is 31.1 Å². The molecule has 3 saturated heterocycles. The molecule has 4 aliphatic heterocycles. The van der Waals surface area contributed by atoms with Crippen molar-refractivity contribution >= 4 is 23.4 Å². The highest BCUT2D eigenvalue weighted by Crippen LogP contribution is 2.37. The molecule has 2 aromatic rings. The van der Waals surface area contributed by atoms with Crippen LogP contribution in [0.2, 0.25) is 0 Å². The first-order chi connectivity index (χ1) is 17.9. The van der Waals surface area contributed by atoms with Crippen molar-refractivity contribution in [3.05, 3.63) is 64.7 Å². The number of amides is 3. The fourth-order valence-corrected chi connectivity index (χ4v) is 6.28. The Bertz CT molecular complexity index is 1210. The quantitative estimate of drug-likeness (QED) is 0.611. The Morgan fingerprint density at radius 3 is 2.38 bits per heavy atom. The first-order valence-electron chi connectivity index (χ1n) is 13.5. The number of likely N-dealkylation sites (tertiary alicyclic amines) is 1. The van der Waals surface area contributed by atoms with Gasteiger partial charge in [-0.15, -0.1) is 0 Å². The molecule has 3 amide bonds. The van der Waals surface area contributed by atoms with Crippen molar-refractivity contribution in [2.45, 2.75) is 63.3 Å². The molecule has 0 bridgehead atoms. The first-order valence-corrected chi connectivity index (χ1v) is 13.5. The van der Waals surface area contributed by atoms with E-state index in [1.54, 1.807) is 11.0 Å². The average Bonchev–Trinajstić information content (AvgIpc) is 3.55. The number of fused-ring (bicyclic) bond motifs is 1. The maximum Gasteiger partial charge on any atom is 0.255 e. The van der Waals surface area contributed by atoms with Crippen molar-refractivity contribution in [3.8, 4) is 0 Å². The Balaban J connectivity index is 1.08. The van der Waals surface area contributed by atoms with Gasteiger partial charge in [0, 0.05) is 56.9 Å². The second-order valence-corrected chi connectivity index (χ2v) is 10.9. The van der Waals surface area contributed by atoms with Crippen LogP contribution in [0.25, 0.3) is 0 Å². The molecular weight excluding hydrogens is 468 g/mol. The van der Waals surface area contributed by atoms with Crippen LogP contribution < -0.4 is 10.2 Å². The van der Waals surface area contributed by atoms with Gasteiger partial charge in [-0.1, -0.05) is 24.3 Å². The molecule has 0 radical (unpaired) electrons. The summed E-state index contributed by atoms with van der Waals surface area (Å²) in [6.07, 6.45) is 4.39. The fourth-order valence-electron chi connectivity index (χ4n) is 6.28. The molecule has 3 fully saturated rings. The van der Waals surface area contributed by atoms with Gasteiger partial charge in [0.1, 0.15) is 6.04 Å². The largest absolute Gasteiger partial charge is 0.385 e. The van der Waals surface area contributed by atoms with E-state index >= 15 is 0 Å². The topological polar surface area (TPSA) is 93.2 Å². The minimum atomic E-state index is -0.934. The third-order valence-corrected chi connectivity index (χ3v) is 8.56. The highest BCUT2D eigenvalue weighted by molar-refractivity contribution is 6.05. The van der Waals surface area contributed by atoms with Crippen LogP contribution in [0.3, 0.4) is 0 Å². The van der Waals surface area contributed by atoms with Crippen LogP contribution in [-0.4, -0.2) is 64.8 Å². The van der Waals surface area contributed by atoms with Gasteiger partial charge in [-0.2, -0.15) is 0 Å². The molecule has 2 aromatic carbocycles. The summed E-state index contributed by atoms with van der Waals surface area (Å²) in [5, 5.41) is 13.9. The van der Waals surface area contributed by atoms with Crippen molar-refractivity contribution in [1.29, 1.82) is 0 Å². The van der Waals surface area contributed by atoms with Crippen LogP contribution in [0.15, 0.2) is 42.5 Å². The summed E-state index contributed by atoms with van der Waals surface area (Å²) in [6.45, 7) is 5.08. The first kappa shape index (κ1) is 24.1. The number of rotatable bonds is 5. The Labute approximate surface area is 217 Å². The summed E-state index contributed by atoms with van der Waals surface area (Å²) in [4.78, 5) is 43.2. The summed E-state index contributed by atoms with van der Waals surface area (Å²) in [5.74, 6) is -0.886. The standard InChI is InChI=1S/C29H34N4O4/c34-26-10-9-25(27(35)30-26)33-19-21-17-22(5-8-24(21)28(33)36)29(37)11-15-31(16-12-29)18-20-3-6-23(7-4-20)32-13-1-2-14-32/h3-8,17,25,37H,1-2,9-16,18-19H2,(H,30,34,35). The number of nitrogens with one attached hydrogen (secondary N) is 1. The summed E-state index contributed by atoms with van der Waals surface area (Å²) in [6, 6.07) is 13.8. The van der Waals surface area contributed by atoms with Gasteiger partial charge in [-0.25, -0.2) is 0 Å². The number of imide groups is 1. The monoisotopic (exact) mass is 502 g/mol. The molecule has 0 aromatic heterocycles. The van der Waals surface area contributed by atoms with Gasteiger partial charge < -0.3 is 14.9 Å². The van der Waals surface area contributed by atoms with Gasteiger partial charge >= 0.3 is 0 Å². The Kier molecular flexibility index (Phi) is 6.24. The number of hydrogen-bond donors (Lipinski definition) is 2. The average molecular weight is 503 g/mol. The van der Waals surface area contributed by atoms with E-state index in [2.05, 4.69) is 39.4 Å². The third kappa shape index (κ3) is 4.64.